The number of likely N-dealkylation sites (tertiary alicyclic amines) is 1. The predicted molar refractivity (Wildman–Crippen MR) is 91.0 cm³/mol. The van der Waals surface area contributed by atoms with Crippen LogP contribution in [0.2, 0.25) is 0 Å². The summed E-state index contributed by atoms with van der Waals surface area (Å²) in [6, 6.07) is 9.83. The second-order valence-corrected chi connectivity index (χ2v) is 7.20. The van der Waals surface area contributed by atoms with E-state index in [4.69, 9.17) is 9.47 Å². The molecule has 3 heterocycles. The maximum Gasteiger partial charge on any atom is 0.317 e. The summed E-state index contributed by atoms with van der Waals surface area (Å²) in [5.74, 6) is 1.94. The minimum Gasteiger partial charge on any atom is -0.491 e. The van der Waals surface area contributed by atoms with Gasteiger partial charge < -0.3 is 19.7 Å². The van der Waals surface area contributed by atoms with Gasteiger partial charge in [-0.25, -0.2) is 4.79 Å². The van der Waals surface area contributed by atoms with Gasteiger partial charge in [-0.3, -0.25) is 0 Å². The zero-order valence-electron chi connectivity index (χ0n) is 14.2. The first-order valence-electron chi connectivity index (χ1n) is 9.13. The highest BCUT2D eigenvalue weighted by atomic mass is 16.5. The van der Waals surface area contributed by atoms with Crippen LogP contribution in [0.15, 0.2) is 30.3 Å². The Kier molecular flexibility index (Phi) is 4.35. The van der Waals surface area contributed by atoms with Gasteiger partial charge in [0.1, 0.15) is 12.4 Å². The molecule has 3 saturated heterocycles. The quantitative estimate of drug-likeness (QED) is 0.903. The van der Waals surface area contributed by atoms with E-state index >= 15 is 0 Å². The summed E-state index contributed by atoms with van der Waals surface area (Å²) in [6.07, 6.45) is 3.98. The topological polar surface area (TPSA) is 50.8 Å². The van der Waals surface area contributed by atoms with Gasteiger partial charge in [0.25, 0.3) is 0 Å². The number of carbonyl (C=O) groups excluding carboxylic acids is 1. The zero-order chi connectivity index (χ0) is 16.5. The van der Waals surface area contributed by atoms with Crippen molar-refractivity contribution < 1.29 is 14.3 Å². The fourth-order valence-electron chi connectivity index (χ4n) is 4.37. The van der Waals surface area contributed by atoms with Crippen LogP contribution in [-0.4, -0.2) is 48.9 Å². The van der Waals surface area contributed by atoms with E-state index in [1.54, 1.807) is 0 Å². The van der Waals surface area contributed by atoms with Crippen molar-refractivity contribution >= 4 is 6.03 Å². The molecule has 0 spiro atoms. The molecule has 0 saturated carbocycles. The first-order chi connectivity index (χ1) is 11.7. The Labute approximate surface area is 143 Å². The van der Waals surface area contributed by atoms with Crippen LogP contribution in [0.4, 0.5) is 4.79 Å². The van der Waals surface area contributed by atoms with Gasteiger partial charge in [-0.15, -0.1) is 0 Å². The number of amides is 2. The van der Waals surface area contributed by atoms with E-state index in [0.717, 1.165) is 25.3 Å². The third-order valence-corrected chi connectivity index (χ3v) is 5.75. The normalized spacial score (nSPS) is 31.8. The van der Waals surface area contributed by atoms with Crippen molar-refractivity contribution in [1.82, 2.24) is 10.2 Å². The molecule has 3 fully saturated rings. The SMILES string of the molecule is CC[C@H](COc1ccccc1)NC(=O)N1C[C@@H]2[C@H](C1)[C@H]1CC[C@H]2O1. The number of nitrogens with one attached hydrogen (secondary N) is 1. The lowest BCUT2D eigenvalue weighted by Crippen LogP contribution is -2.46. The van der Waals surface area contributed by atoms with Crippen LogP contribution in [-0.2, 0) is 4.74 Å². The molecule has 3 aliphatic heterocycles. The third-order valence-electron chi connectivity index (χ3n) is 5.75. The monoisotopic (exact) mass is 330 g/mol. The molecule has 0 aliphatic carbocycles. The minimum absolute atomic E-state index is 0.0334. The largest absolute Gasteiger partial charge is 0.491 e. The average molecular weight is 330 g/mol. The minimum atomic E-state index is 0.0334. The van der Waals surface area contributed by atoms with Crippen LogP contribution < -0.4 is 10.1 Å². The van der Waals surface area contributed by atoms with Crippen molar-refractivity contribution in [2.75, 3.05) is 19.7 Å². The van der Waals surface area contributed by atoms with Crippen molar-refractivity contribution in [1.29, 1.82) is 0 Å². The molecule has 1 aromatic carbocycles. The summed E-state index contributed by atoms with van der Waals surface area (Å²) in [6.45, 7) is 4.26. The molecule has 24 heavy (non-hydrogen) atoms. The Bertz CT molecular complexity index is 561. The lowest BCUT2D eigenvalue weighted by atomic mass is 9.82. The van der Waals surface area contributed by atoms with E-state index in [1.165, 1.54) is 12.8 Å². The number of ether oxygens (including phenoxy) is 2. The first kappa shape index (κ1) is 15.8. The number of fused-ring (bicyclic) bond motifs is 5. The molecule has 130 valence electrons. The summed E-state index contributed by atoms with van der Waals surface area (Å²) in [4.78, 5) is 14.6. The number of urea groups is 1. The number of benzene rings is 1. The Balaban J connectivity index is 1.28. The Morgan fingerprint density at radius 2 is 1.92 bits per heavy atom. The summed E-state index contributed by atoms with van der Waals surface area (Å²) < 4.78 is 11.8. The lowest BCUT2D eigenvalue weighted by molar-refractivity contribution is 0.0735. The van der Waals surface area contributed by atoms with E-state index in [-0.39, 0.29) is 12.1 Å². The van der Waals surface area contributed by atoms with Crippen LogP contribution in [0.25, 0.3) is 0 Å². The van der Waals surface area contributed by atoms with Crippen LogP contribution in [0, 0.1) is 11.8 Å². The van der Waals surface area contributed by atoms with Crippen LogP contribution >= 0.6 is 0 Å². The predicted octanol–water partition coefficient (Wildman–Crippen LogP) is 2.66. The molecule has 2 bridgehead atoms. The Morgan fingerprint density at radius 1 is 1.25 bits per heavy atom. The smallest absolute Gasteiger partial charge is 0.317 e. The Hall–Kier alpha value is -1.75. The molecule has 0 aromatic heterocycles. The van der Waals surface area contributed by atoms with Gasteiger partial charge in [-0.1, -0.05) is 25.1 Å². The molecule has 5 nitrogen and oxygen atoms in total. The molecule has 1 N–H and O–H groups in total. The molecule has 0 unspecified atom stereocenters. The summed E-state index contributed by atoms with van der Waals surface area (Å²) in [7, 11) is 0. The molecular formula is C19H26N2O3. The second kappa shape index (κ2) is 6.63. The van der Waals surface area contributed by atoms with Crippen molar-refractivity contribution in [3.63, 3.8) is 0 Å². The molecule has 5 atom stereocenters. The molecule has 3 aliphatic rings. The van der Waals surface area contributed by atoms with Gasteiger partial charge in [0.15, 0.2) is 0 Å². The van der Waals surface area contributed by atoms with E-state index in [9.17, 15) is 4.79 Å². The number of carbonyl (C=O) groups is 1. The summed E-state index contributed by atoms with van der Waals surface area (Å²) >= 11 is 0. The van der Waals surface area contributed by atoms with E-state index in [2.05, 4.69) is 12.2 Å². The maximum absolute atomic E-state index is 12.6. The third kappa shape index (κ3) is 2.97. The fraction of sp³-hybridized carbons (Fsp3) is 0.632. The maximum atomic E-state index is 12.6. The average Bonchev–Trinajstić information content (AvgIpc) is 3.31. The molecule has 0 radical (unpaired) electrons. The first-order valence-corrected chi connectivity index (χ1v) is 9.13. The number of rotatable bonds is 5. The second-order valence-electron chi connectivity index (χ2n) is 7.20. The van der Waals surface area contributed by atoms with Gasteiger partial charge >= 0.3 is 6.03 Å². The number of para-hydroxylation sites is 1. The van der Waals surface area contributed by atoms with Crippen LogP contribution in [0.5, 0.6) is 5.75 Å². The standard InChI is InChI=1S/C19H26N2O3/c1-2-13(12-23-14-6-4-3-5-7-14)20-19(22)21-10-15-16(11-21)18-9-8-17(15)24-18/h3-7,13,15-18H,2,8-12H2,1H3,(H,20,22)/t13-,15-,16+,17-,18-/m1/s1. The van der Waals surface area contributed by atoms with Crippen molar-refractivity contribution in [2.45, 2.75) is 44.4 Å². The van der Waals surface area contributed by atoms with E-state index in [1.807, 2.05) is 35.2 Å². The van der Waals surface area contributed by atoms with Crippen molar-refractivity contribution in [3.8, 4) is 5.75 Å². The highest BCUT2D eigenvalue weighted by molar-refractivity contribution is 5.75. The van der Waals surface area contributed by atoms with Gasteiger partial charge in [0.05, 0.1) is 18.2 Å². The van der Waals surface area contributed by atoms with Gasteiger partial charge in [0, 0.05) is 24.9 Å². The van der Waals surface area contributed by atoms with Crippen molar-refractivity contribution in [3.05, 3.63) is 30.3 Å². The van der Waals surface area contributed by atoms with Gasteiger partial charge in [0.2, 0.25) is 0 Å². The summed E-state index contributed by atoms with van der Waals surface area (Å²) in [5.41, 5.74) is 0. The molecule has 2 amide bonds. The zero-order valence-corrected chi connectivity index (χ0v) is 14.2. The van der Waals surface area contributed by atoms with Gasteiger partial charge in [-0.2, -0.15) is 0 Å². The molecule has 5 heteroatoms. The Morgan fingerprint density at radius 3 is 2.54 bits per heavy atom. The highest BCUT2D eigenvalue weighted by Gasteiger charge is 2.53. The molecule has 1 aromatic rings. The molecular weight excluding hydrogens is 304 g/mol. The number of hydrogen-bond donors (Lipinski definition) is 1. The number of nitrogens with zero attached hydrogens (tertiary/aromatic N) is 1. The molecule has 4 rings (SSSR count). The number of hydrogen-bond acceptors (Lipinski definition) is 3. The van der Waals surface area contributed by atoms with Crippen LogP contribution in [0.3, 0.4) is 0 Å². The summed E-state index contributed by atoms with van der Waals surface area (Å²) in [5, 5.41) is 3.14. The fourth-order valence-corrected chi connectivity index (χ4v) is 4.37. The van der Waals surface area contributed by atoms with Gasteiger partial charge in [-0.05, 0) is 31.4 Å². The van der Waals surface area contributed by atoms with E-state index < -0.39 is 0 Å². The van der Waals surface area contributed by atoms with Crippen molar-refractivity contribution in [2.24, 2.45) is 11.8 Å². The highest BCUT2D eigenvalue weighted by Crippen LogP contribution is 2.47. The van der Waals surface area contributed by atoms with Crippen LogP contribution in [0.1, 0.15) is 26.2 Å². The lowest BCUT2D eigenvalue weighted by Gasteiger charge is -2.24. The van der Waals surface area contributed by atoms with E-state index in [0.29, 0.717) is 30.7 Å².